The molecule has 0 saturated carbocycles. The van der Waals surface area contributed by atoms with Crippen LogP contribution in [-0.4, -0.2) is 35.4 Å². The van der Waals surface area contributed by atoms with Crippen LogP contribution in [-0.2, 0) is 4.79 Å². The van der Waals surface area contributed by atoms with E-state index in [9.17, 15) is 25.0 Å². The standard InChI is InChI=1S/C16H11BrN4O8/c17-10-1-2-13(12(4-10)21(25)26)27-7-16(22)19-18-6-9-3-14-15(29-8-28-14)5-11(9)20(23)24/h1-6H,7-8H2,(H,19,22)/b18-6+. The van der Waals surface area contributed by atoms with Crippen molar-refractivity contribution < 1.29 is 28.9 Å². The zero-order valence-corrected chi connectivity index (χ0v) is 15.9. The minimum Gasteiger partial charge on any atom is -0.477 e. The third-order valence-electron chi connectivity index (χ3n) is 3.59. The van der Waals surface area contributed by atoms with Crippen LogP contribution >= 0.6 is 15.9 Å². The first-order valence-electron chi connectivity index (χ1n) is 7.82. The van der Waals surface area contributed by atoms with Gasteiger partial charge in [0.25, 0.3) is 11.6 Å². The number of rotatable bonds is 7. The first-order chi connectivity index (χ1) is 13.8. The second-order valence-corrected chi connectivity index (χ2v) is 6.39. The normalized spacial score (nSPS) is 12.0. The topological polar surface area (TPSA) is 155 Å². The highest BCUT2D eigenvalue weighted by Crippen LogP contribution is 2.37. The number of fused-ring (bicyclic) bond motifs is 1. The van der Waals surface area contributed by atoms with Gasteiger partial charge in [0.2, 0.25) is 6.79 Å². The van der Waals surface area contributed by atoms with Crippen molar-refractivity contribution in [3.05, 3.63) is 60.6 Å². The van der Waals surface area contributed by atoms with E-state index in [2.05, 4.69) is 26.5 Å². The maximum Gasteiger partial charge on any atom is 0.312 e. The van der Waals surface area contributed by atoms with E-state index in [1.807, 2.05) is 0 Å². The average molecular weight is 467 g/mol. The number of ether oxygens (including phenoxy) is 3. The molecule has 2 aromatic rings. The third kappa shape index (κ3) is 4.76. The first kappa shape index (κ1) is 20.0. The molecule has 0 radical (unpaired) electrons. The molecule has 1 amide bonds. The van der Waals surface area contributed by atoms with E-state index in [4.69, 9.17) is 14.2 Å². The number of hydrogen-bond acceptors (Lipinski definition) is 9. The molecule has 0 saturated heterocycles. The van der Waals surface area contributed by atoms with Gasteiger partial charge in [0.15, 0.2) is 23.9 Å². The van der Waals surface area contributed by atoms with Crippen LogP contribution < -0.4 is 19.6 Å². The summed E-state index contributed by atoms with van der Waals surface area (Å²) >= 11 is 3.11. The van der Waals surface area contributed by atoms with Crippen LogP contribution in [0.4, 0.5) is 11.4 Å². The van der Waals surface area contributed by atoms with Gasteiger partial charge in [0.05, 0.1) is 27.7 Å². The van der Waals surface area contributed by atoms with Crippen molar-refractivity contribution in [2.75, 3.05) is 13.4 Å². The molecule has 1 aliphatic heterocycles. The van der Waals surface area contributed by atoms with Gasteiger partial charge in [0, 0.05) is 10.5 Å². The van der Waals surface area contributed by atoms with E-state index >= 15 is 0 Å². The first-order valence-corrected chi connectivity index (χ1v) is 8.61. The number of nitrogens with zero attached hydrogens (tertiary/aromatic N) is 3. The summed E-state index contributed by atoms with van der Waals surface area (Å²) in [6.07, 6.45) is 1.07. The van der Waals surface area contributed by atoms with E-state index < -0.39 is 22.4 Å². The maximum atomic E-state index is 11.9. The Morgan fingerprint density at radius 1 is 1.17 bits per heavy atom. The van der Waals surface area contributed by atoms with Crippen LogP contribution in [0.2, 0.25) is 0 Å². The van der Waals surface area contributed by atoms with Gasteiger partial charge in [-0.1, -0.05) is 15.9 Å². The van der Waals surface area contributed by atoms with Gasteiger partial charge in [-0.05, 0) is 18.2 Å². The van der Waals surface area contributed by atoms with Crippen LogP contribution in [0.25, 0.3) is 0 Å². The lowest BCUT2D eigenvalue weighted by molar-refractivity contribution is -0.385. The van der Waals surface area contributed by atoms with Gasteiger partial charge in [-0.3, -0.25) is 25.0 Å². The molecule has 150 valence electrons. The van der Waals surface area contributed by atoms with Crippen LogP contribution in [0, 0.1) is 20.2 Å². The number of hydrogen-bond donors (Lipinski definition) is 1. The Balaban J connectivity index is 1.64. The predicted molar refractivity (Wildman–Crippen MR) is 101 cm³/mol. The summed E-state index contributed by atoms with van der Waals surface area (Å²) in [4.78, 5) is 32.8. The molecular weight excluding hydrogens is 456 g/mol. The molecule has 1 heterocycles. The Labute approximate surface area is 170 Å². The number of carbonyl (C=O) groups excluding carboxylic acids is 1. The van der Waals surface area contributed by atoms with Gasteiger partial charge in [0.1, 0.15) is 0 Å². The number of benzene rings is 2. The summed E-state index contributed by atoms with van der Waals surface area (Å²) in [6, 6.07) is 6.66. The smallest absolute Gasteiger partial charge is 0.312 e. The quantitative estimate of drug-likeness (QED) is 0.370. The predicted octanol–water partition coefficient (Wildman–Crippen LogP) is 2.52. The Morgan fingerprint density at radius 2 is 1.86 bits per heavy atom. The molecule has 0 bridgehead atoms. The van der Waals surface area contributed by atoms with E-state index in [1.165, 1.54) is 30.3 Å². The van der Waals surface area contributed by atoms with Crippen molar-refractivity contribution in [3.8, 4) is 17.2 Å². The number of nitrogens with one attached hydrogen (secondary N) is 1. The molecule has 13 heteroatoms. The summed E-state index contributed by atoms with van der Waals surface area (Å²) in [6.45, 7) is -0.605. The Bertz CT molecular complexity index is 1030. The fourth-order valence-electron chi connectivity index (χ4n) is 2.31. The molecule has 0 aromatic heterocycles. The maximum absolute atomic E-state index is 11.9. The number of halogens is 1. The van der Waals surface area contributed by atoms with Crippen LogP contribution in [0.3, 0.4) is 0 Å². The molecule has 0 atom stereocenters. The number of amides is 1. The Hall–Kier alpha value is -3.74. The van der Waals surface area contributed by atoms with E-state index in [1.54, 1.807) is 0 Å². The van der Waals surface area contributed by atoms with Crippen molar-refractivity contribution in [2.24, 2.45) is 5.10 Å². The van der Waals surface area contributed by atoms with Crippen molar-refractivity contribution in [2.45, 2.75) is 0 Å². The second-order valence-electron chi connectivity index (χ2n) is 5.47. The van der Waals surface area contributed by atoms with Gasteiger partial charge in [-0.25, -0.2) is 5.43 Å². The summed E-state index contributed by atoms with van der Waals surface area (Å²) in [5.41, 5.74) is 1.62. The lowest BCUT2D eigenvalue weighted by Crippen LogP contribution is -2.24. The molecular formula is C16H11BrN4O8. The van der Waals surface area contributed by atoms with E-state index in [-0.39, 0.29) is 35.2 Å². The van der Waals surface area contributed by atoms with Gasteiger partial charge in [-0.2, -0.15) is 5.10 Å². The van der Waals surface area contributed by atoms with Gasteiger partial charge < -0.3 is 14.2 Å². The lowest BCUT2D eigenvalue weighted by atomic mass is 10.1. The molecule has 3 rings (SSSR count). The highest BCUT2D eigenvalue weighted by atomic mass is 79.9. The van der Waals surface area contributed by atoms with E-state index in [0.29, 0.717) is 10.2 Å². The molecule has 0 unspecified atom stereocenters. The molecule has 0 fully saturated rings. The van der Waals surface area contributed by atoms with Gasteiger partial charge in [-0.15, -0.1) is 0 Å². The fourth-order valence-corrected chi connectivity index (χ4v) is 2.66. The summed E-state index contributed by atoms with van der Waals surface area (Å²) < 4.78 is 15.9. The average Bonchev–Trinajstić information content (AvgIpc) is 3.13. The summed E-state index contributed by atoms with van der Waals surface area (Å²) in [5, 5.41) is 25.8. The third-order valence-corrected chi connectivity index (χ3v) is 4.08. The molecule has 0 spiro atoms. The zero-order valence-electron chi connectivity index (χ0n) is 14.4. The van der Waals surface area contributed by atoms with Crippen LogP contribution in [0.15, 0.2) is 39.9 Å². The molecule has 12 nitrogen and oxygen atoms in total. The van der Waals surface area contributed by atoms with Crippen molar-refractivity contribution in [1.29, 1.82) is 0 Å². The molecule has 1 aliphatic rings. The van der Waals surface area contributed by atoms with Crippen LogP contribution in [0.1, 0.15) is 5.56 Å². The fraction of sp³-hybridized carbons (Fsp3) is 0.125. The Kier molecular flexibility index (Phi) is 5.87. The lowest BCUT2D eigenvalue weighted by Gasteiger charge is -2.06. The van der Waals surface area contributed by atoms with Crippen molar-refractivity contribution in [3.63, 3.8) is 0 Å². The van der Waals surface area contributed by atoms with Crippen molar-refractivity contribution in [1.82, 2.24) is 5.43 Å². The summed E-state index contributed by atoms with van der Waals surface area (Å²) in [5.74, 6) is -0.262. The zero-order chi connectivity index (χ0) is 21.0. The second kappa shape index (κ2) is 8.52. The number of carbonyl (C=O) groups is 1. The monoisotopic (exact) mass is 466 g/mol. The van der Waals surface area contributed by atoms with Gasteiger partial charge >= 0.3 is 5.69 Å². The highest BCUT2D eigenvalue weighted by Gasteiger charge is 2.22. The molecule has 29 heavy (non-hydrogen) atoms. The Morgan fingerprint density at radius 3 is 2.55 bits per heavy atom. The summed E-state index contributed by atoms with van der Waals surface area (Å²) in [7, 11) is 0. The minimum absolute atomic E-state index is 0.0522. The molecule has 2 aromatic carbocycles. The SMILES string of the molecule is O=C(COc1ccc(Br)cc1[N+](=O)[O-])N/N=C/c1cc2c(cc1[N+](=O)[O-])OCO2. The van der Waals surface area contributed by atoms with Crippen molar-refractivity contribution >= 4 is 39.4 Å². The minimum atomic E-state index is -0.720. The highest BCUT2D eigenvalue weighted by molar-refractivity contribution is 9.10. The van der Waals surface area contributed by atoms with E-state index in [0.717, 1.165) is 6.21 Å². The molecule has 1 N–H and O–H groups in total. The largest absolute Gasteiger partial charge is 0.477 e. The number of nitro groups is 2. The van der Waals surface area contributed by atoms with Crippen LogP contribution in [0.5, 0.6) is 17.2 Å². The number of hydrazone groups is 1. The number of nitro benzene ring substituents is 2. The molecule has 0 aliphatic carbocycles.